The summed E-state index contributed by atoms with van der Waals surface area (Å²) < 4.78 is 0. The minimum absolute atomic E-state index is 0.132. The van der Waals surface area contributed by atoms with Crippen LogP contribution in [0.5, 0.6) is 0 Å². The molecule has 3 aromatic carbocycles. The van der Waals surface area contributed by atoms with E-state index in [0.29, 0.717) is 23.5 Å². The third-order valence-electron chi connectivity index (χ3n) is 4.73. The molecular weight excluding hydrogens is 362 g/mol. The van der Waals surface area contributed by atoms with Crippen molar-refractivity contribution in [3.05, 3.63) is 102 Å². The van der Waals surface area contributed by atoms with Gasteiger partial charge in [-0.15, -0.1) is 0 Å². The normalized spacial score (nSPS) is 14.2. The van der Waals surface area contributed by atoms with Crippen LogP contribution in [0.15, 0.2) is 90.5 Å². The van der Waals surface area contributed by atoms with Crippen LogP contribution in [0.3, 0.4) is 0 Å². The highest BCUT2D eigenvalue weighted by Gasteiger charge is 2.36. The van der Waals surface area contributed by atoms with Crippen molar-refractivity contribution in [1.82, 2.24) is 0 Å². The van der Waals surface area contributed by atoms with Gasteiger partial charge in [-0.3, -0.25) is 9.59 Å². The van der Waals surface area contributed by atoms with Crippen LogP contribution in [0.1, 0.15) is 11.1 Å². The summed E-state index contributed by atoms with van der Waals surface area (Å²) in [5.74, 6) is -0.951. The molecule has 0 bridgehead atoms. The zero-order valence-corrected chi connectivity index (χ0v) is 15.5. The second-order valence-corrected chi connectivity index (χ2v) is 6.58. The van der Waals surface area contributed by atoms with E-state index in [-0.39, 0.29) is 17.1 Å². The lowest BCUT2D eigenvalue weighted by Crippen LogP contribution is -2.27. The quantitative estimate of drug-likeness (QED) is 0.547. The standard InChI is InChI=1S/C24H17N3O2/c25-15-20(23(28)26-18-11-5-2-6-12-18)22-19-13-7-8-14-21(19)27(24(22)29)16-17-9-3-1-4-10-17/h1-14H,16H2,(H,26,28)/b22-20-. The number of nitriles is 1. The second kappa shape index (κ2) is 7.83. The first kappa shape index (κ1) is 18.2. The fraction of sp³-hybridized carbons (Fsp3) is 0.0417. The van der Waals surface area contributed by atoms with Crippen LogP contribution in [0.25, 0.3) is 5.57 Å². The van der Waals surface area contributed by atoms with Crippen LogP contribution >= 0.6 is 0 Å². The minimum Gasteiger partial charge on any atom is -0.321 e. The van der Waals surface area contributed by atoms with Crippen LogP contribution in [-0.4, -0.2) is 11.8 Å². The van der Waals surface area contributed by atoms with Gasteiger partial charge in [-0.1, -0.05) is 66.7 Å². The molecule has 0 spiro atoms. The van der Waals surface area contributed by atoms with Gasteiger partial charge in [0.25, 0.3) is 11.8 Å². The van der Waals surface area contributed by atoms with Crippen molar-refractivity contribution in [3.8, 4) is 6.07 Å². The molecule has 0 saturated heterocycles. The average molecular weight is 379 g/mol. The van der Waals surface area contributed by atoms with E-state index in [1.54, 1.807) is 41.3 Å². The molecule has 5 heteroatoms. The number of hydrogen-bond acceptors (Lipinski definition) is 3. The van der Waals surface area contributed by atoms with Gasteiger partial charge in [0.05, 0.1) is 17.8 Å². The van der Waals surface area contributed by atoms with E-state index in [2.05, 4.69) is 5.32 Å². The molecule has 0 radical (unpaired) electrons. The predicted molar refractivity (Wildman–Crippen MR) is 112 cm³/mol. The van der Waals surface area contributed by atoms with Gasteiger partial charge >= 0.3 is 0 Å². The van der Waals surface area contributed by atoms with Crippen molar-refractivity contribution >= 4 is 28.8 Å². The van der Waals surface area contributed by atoms with Gasteiger partial charge in [0, 0.05) is 11.3 Å². The number of para-hydroxylation sites is 2. The van der Waals surface area contributed by atoms with E-state index in [9.17, 15) is 14.9 Å². The van der Waals surface area contributed by atoms with Crippen LogP contribution in [0, 0.1) is 11.3 Å². The number of nitrogens with zero attached hydrogens (tertiary/aromatic N) is 2. The van der Waals surface area contributed by atoms with Crippen molar-refractivity contribution < 1.29 is 9.59 Å². The predicted octanol–water partition coefficient (Wildman–Crippen LogP) is 4.15. The zero-order chi connectivity index (χ0) is 20.2. The lowest BCUT2D eigenvalue weighted by atomic mass is 10.0. The van der Waals surface area contributed by atoms with Gasteiger partial charge in [-0.2, -0.15) is 5.26 Å². The number of amides is 2. The van der Waals surface area contributed by atoms with Gasteiger partial charge in [0.2, 0.25) is 0 Å². The van der Waals surface area contributed by atoms with E-state index >= 15 is 0 Å². The molecular formula is C24H17N3O2. The number of nitrogens with one attached hydrogen (secondary N) is 1. The largest absolute Gasteiger partial charge is 0.321 e. The molecule has 0 atom stereocenters. The van der Waals surface area contributed by atoms with Crippen molar-refractivity contribution in [1.29, 1.82) is 5.26 Å². The zero-order valence-electron chi connectivity index (χ0n) is 15.5. The number of benzene rings is 3. The summed E-state index contributed by atoms with van der Waals surface area (Å²) in [4.78, 5) is 27.7. The van der Waals surface area contributed by atoms with Gasteiger partial charge in [-0.05, 0) is 23.8 Å². The maximum absolute atomic E-state index is 13.3. The Kier molecular flexibility index (Phi) is 4.91. The maximum atomic E-state index is 13.3. The Morgan fingerprint density at radius 3 is 2.21 bits per heavy atom. The number of anilines is 2. The average Bonchev–Trinajstić information content (AvgIpc) is 3.02. The Labute approximate surface area is 168 Å². The SMILES string of the molecule is N#C/C(C(=O)Nc1ccccc1)=C1/C(=O)N(Cc2ccccc2)c2ccccc21. The molecule has 0 aliphatic carbocycles. The van der Waals surface area contributed by atoms with E-state index in [1.807, 2.05) is 54.6 Å². The summed E-state index contributed by atoms with van der Waals surface area (Å²) in [6, 6.07) is 27.6. The second-order valence-electron chi connectivity index (χ2n) is 6.58. The lowest BCUT2D eigenvalue weighted by Gasteiger charge is -2.17. The van der Waals surface area contributed by atoms with E-state index in [0.717, 1.165) is 5.56 Å². The van der Waals surface area contributed by atoms with E-state index in [4.69, 9.17) is 0 Å². The lowest BCUT2D eigenvalue weighted by molar-refractivity contribution is -0.114. The van der Waals surface area contributed by atoms with Crippen LogP contribution in [0.2, 0.25) is 0 Å². The van der Waals surface area contributed by atoms with Gasteiger partial charge in [0.1, 0.15) is 11.6 Å². The Morgan fingerprint density at radius 2 is 1.52 bits per heavy atom. The number of hydrogen-bond donors (Lipinski definition) is 1. The molecule has 4 rings (SSSR count). The molecule has 3 aromatic rings. The maximum Gasteiger partial charge on any atom is 0.267 e. The highest BCUT2D eigenvalue weighted by Crippen LogP contribution is 2.39. The summed E-state index contributed by atoms with van der Waals surface area (Å²) in [5.41, 5.74) is 2.74. The molecule has 1 N–H and O–H groups in total. The summed E-state index contributed by atoms with van der Waals surface area (Å²) in [6.45, 7) is 0.360. The molecule has 0 aromatic heterocycles. The first-order chi connectivity index (χ1) is 14.2. The Morgan fingerprint density at radius 1 is 0.897 bits per heavy atom. The molecule has 5 nitrogen and oxygen atoms in total. The number of carbonyl (C=O) groups is 2. The molecule has 1 aliphatic rings. The molecule has 140 valence electrons. The third-order valence-corrected chi connectivity index (χ3v) is 4.73. The number of fused-ring (bicyclic) bond motifs is 1. The first-order valence-electron chi connectivity index (χ1n) is 9.15. The Bertz CT molecular complexity index is 1150. The topological polar surface area (TPSA) is 73.2 Å². The van der Waals surface area contributed by atoms with Crippen LogP contribution in [-0.2, 0) is 16.1 Å². The summed E-state index contributed by atoms with van der Waals surface area (Å²) in [7, 11) is 0. The van der Waals surface area contributed by atoms with E-state index < -0.39 is 5.91 Å². The first-order valence-corrected chi connectivity index (χ1v) is 9.15. The molecule has 0 saturated carbocycles. The van der Waals surface area contributed by atoms with Gasteiger partial charge in [-0.25, -0.2) is 0 Å². The number of carbonyl (C=O) groups excluding carboxylic acids is 2. The van der Waals surface area contributed by atoms with Gasteiger partial charge in [0.15, 0.2) is 0 Å². The van der Waals surface area contributed by atoms with Gasteiger partial charge < -0.3 is 10.2 Å². The highest BCUT2D eigenvalue weighted by molar-refractivity contribution is 6.37. The fourth-order valence-electron chi connectivity index (χ4n) is 3.38. The van der Waals surface area contributed by atoms with Crippen LogP contribution in [0.4, 0.5) is 11.4 Å². The number of rotatable bonds is 4. The molecule has 1 aliphatic heterocycles. The monoisotopic (exact) mass is 379 g/mol. The molecule has 0 fully saturated rings. The summed E-state index contributed by atoms with van der Waals surface area (Å²) >= 11 is 0. The Balaban J connectivity index is 1.75. The molecule has 2 amide bonds. The highest BCUT2D eigenvalue weighted by atomic mass is 16.2. The molecule has 1 heterocycles. The van der Waals surface area contributed by atoms with Crippen molar-refractivity contribution in [3.63, 3.8) is 0 Å². The fourth-order valence-corrected chi connectivity index (χ4v) is 3.38. The van der Waals surface area contributed by atoms with Crippen LogP contribution < -0.4 is 10.2 Å². The van der Waals surface area contributed by atoms with Crippen molar-refractivity contribution in [2.24, 2.45) is 0 Å². The summed E-state index contributed by atoms with van der Waals surface area (Å²) in [5, 5.41) is 12.4. The summed E-state index contributed by atoms with van der Waals surface area (Å²) in [6.07, 6.45) is 0. The molecule has 29 heavy (non-hydrogen) atoms. The van der Waals surface area contributed by atoms with Crippen molar-refractivity contribution in [2.45, 2.75) is 6.54 Å². The third kappa shape index (κ3) is 3.52. The minimum atomic E-state index is -0.599. The smallest absolute Gasteiger partial charge is 0.267 e. The Hall–Kier alpha value is -4.17. The molecule has 0 unspecified atom stereocenters. The van der Waals surface area contributed by atoms with E-state index in [1.165, 1.54) is 0 Å². The van der Waals surface area contributed by atoms with Crippen molar-refractivity contribution in [2.75, 3.05) is 10.2 Å².